The van der Waals surface area contributed by atoms with Crippen molar-refractivity contribution in [3.8, 4) is 6.07 Å². The average molecular weight is 1130 g/mol. The van der Waals surface area contributed by atoms with E-state index in [1.54, 1.807) is 12.1 Å². The minimum Gasteiger partial charge on any atom is -0.481 e. The predicted octanol–water partition coefficient (Wildman–Crippen LogP) is 11.5. The number of para-hydroxylation sites is 2. The normalized spacial score (nSPS) is 10.4. The van der Waals surface area contributed by atoms with E-state index in [1.165, 1.54) is 21.5 Å². The molecule has 0 spiro atoms. The van der Waals surface area contributed by atoms with Crippen molar-refractivity contribution in [1.82, 2.24) is 29.9 Å². The SMILES string of the molecule is N#Cc1ccc2c(n1)[n-]c1ccccc12.[C-]#[N+]c1ccc2c(n1)[n-]c1ccccc12.[Pt+2].[Pt+2].[c-]1cccc2ccc3cccnc3c12.[c-]1cccc2ccc3cccnc3c12. The zero-order chi connectivity index (χ0) is 39.3. The number of fused-ring (bicyclic) bond motifs is 12. The maximum absolute atomic E-state index is 8.73. The number of pyridine rings is 4. The summed E-state index contributed by atoms with van der Waals surface area (Å²) in [6, 6.07) is 60.0. The van der Waals surface area contributed by atoms with Crippen LogP contribution in [-0.2, 0) is 42.1 Å². The second-order valence-electron chi connectivity index (χ2n) is 13.1. The quantitative estimate of drug-likeness (QED) is 0.110. The van der Waals surface area contributed by atoms with Gasteiger partial charge in [0.2, 0.25) is 0 Å². The van der Waals surface area contributed by atoms with Gasteiger partial charge in [0.15, 0.2) is 0 Å². The van der Waals surface area contributed by atoms with Crippen molar-refractivity contribution in [3.63, 3.8) is 0 Å². The number of hydrogen-bond acceptors (Lipinski definition) is 5. The van der Waals surface area contributed by atoms with Gasteiger partial charge in [-0.05, 0) is 78.2 Å². The van der Waals surface area contributed by atoms with E-state index in [1.807, 2.05) is 116 Å². The zero-order valence-electron chi connectivity index (χ0n) is 31.4. The van der Waals surface area contributed by atoms with Gasteiger partial charge in [-0.2, -0.15) is 5.26 Å². The molecule has 6 heterocycles. The Labute approximate surface area is 373 Å². The number of aromatic nitrogens is 6. The molecule has 0 N–H and O–H groups in total. The fraction of sp³-hybridized carbons (Fsp3) is 0. The largest absolute Gasteiger partial charge is 2.00 e. The minimum absolute atomic E-state index is 0. The molecule has 0 amide bonds. The van der Waals surface area contributed by atoms with Gasteiger partial charge in [0.25, 0.3) is 0 Å². The molecule has 0 bridgehead atoms. The van der Waals surface area contributed by atoms with Gasteiger partial charge in [0.1, 0.15) is 0 Å². The smallest absolute Gasteiger partial charge is 0.481 e. The molecule has 6 aromatic carbocycles. The van der Waals surface area contributed by atoms with Crippen LogP contribution < -0.4 is 9.97 Å². The van der Waals surface area contributed by atoms with E-state index in [-0.39, 0.29) is 42.1 Å². The Morgan fingerprint density at radius 2 is 0.983 bits per heavy atom. The van der Waals surface area contributed by atoms with Crippen molar-refractivity contribution in [2.75, 3.05) is 0 Å². The van der Waals surface area contributed by atoms with Crippen LogP contribution in [-0.4, -0.2) is 19.9 Å². The van der Waals surface area contributed by atoms with E-state index >= 15 is 0 Å². The van der Waals surface area contributed by atoms with Crippen LogP contribution in [0, 0.1) is 30.0 Å². The van der Waals surface area contributed by atoms with E-state index in [0.29, 0.717) is 22.8 Å². The zero-order valence-corrected chi connectivity index (χ0v) is 35.9. The minimum atomic E-state index is 0. The molecule has 6 aromatic heterocycles. The number of rotatable bonds is 0. The van der Waals surface area contributed by atoms with Gasteiger partial charge in [-0.1, -0.05) is 115 Å². The first kappa shape index (κ1) is 41.1. The Kier molecular flexibility index (Phi) is 12.8. The van der Waals surface area contributed by atoms with Gasteiger partial charge in [-0.25, -0.2) is 0 Å². The van der Waals surface area contributed by atoms with Crippen molar-refractivity contribution >= 4 is 93.0 Å². The summed E-state index contributed by atoms with van der Waals surface area (Å²) in [6.45, 7) is 6.89. The molecule has 0 unspecified atom stereocenters. The third-order valence-corrected chi connectivity index (χ3v) is 9.62. The Balaban J connectivity index is 0.000000120. The summed E-state index contributed by atoms with van der Waals surface area (Å²) in [4.78, 5) is 29.1. The first-order valence-electron chi connectivity index (χ1n) is 18.4. The maximum atomic E-state index is 8.73. The molecular weight excluding hydrogens is 1100 g/mol. The van der Waals surface area contributed by atoms with Crippen LogP contribution in [0.3, 0.4) is 0 Å². The molecule has 0 aliphatic carbocycles. The molecule has 0 saturated heterocycles. The Hall–Kier alpha value is -7.08. The summed E-state index contributed by atoms with van der Waals surface area (Å²) in [5.74, 6) is 0.394. The van der Waals surface area contributed by atoms with E-state index in [2.05, 4.69) is 95.4 Å². The summed E-state index contributed by atoms with van der Waals surface area (Å²) in [6.07, 6.45) is 3.64. The molecule has 60 heavy (non-hydrogen) atoms. The molecule has 12 rings (SSSR count). The van der Waals surface area contributed by atoms with Crippen molar-refractivity contribution in [2.45, 2.75) is 0 Å². The second-order valence-corrected chi connectivity index (χ2v) is 13.1. The topological polar surface area (TPSA) is 108 Å². The maximum Gasteiger partial charge on any atom is 2.00 e. The van der Waals surface area contributed by atoms with Crippen LogP contribution in [0.5, 0.6) is 0 Å². The van der Waals surface area contributed by atoms with Crippen LogP contribution in [0.15, 0.2) is 170 Å². The summed E-state index contributed by atoms with van der Waals surface area (Å²) < 4.78 is 0. The molecule has 8 nitrogen and oxygen atoms in total. The number of nitrogens with zero attached hydrogens (tertiary/aromatic N) is 8. The number of benzene rings is 6. The fourth-order valence-corrected chi connectivity index (χ4v) is 6.90. The van der Waals surface area contributed by atoms with Gasteiger partial charge in [-0.15, -0.1) is 70.1 Å². The predicted molar refractivity (Wildman–Crippen MR) is 232 cm³/mol. The monoisotopic (exact) mass is 1130 g/mol. The molecule has 0 aliphatic rings. The van der Waals surface area contributed by atoms with Gasteiger partial charge >= 0.3 is 42.1 Å². The third-order valence-electron chi connectivity index (χ3n) is 9.62. The van der Waals surface area contributed by atoms with Gasteiger partial charge in [0.05, 0.1) is 11.9 Å². The second kappa shape index (κ2) is 18.7. The standard InChI is InChI=1S/2C13H8N.2C12H6N3.2Pt/c2*1-2-6-12-10(4-1)7-8-11-5-3-9-14-13(11)12;1-13-11-7-6-9-8-4-2-3-5-10(8)14-12(9)15-11;13-7-8-5-6-10-9-3-1-2-4-11(9)15-12(10)14-8;;/h2*1-5,7-9H;2-7H;1-6H;;/q4*-1;2*+2. The molecular formula is C50H28N8Pt2. The van der Waals surface area contributed by atoms with Crippen LogP contribution in [0.25, 0.3) is 92.1 Å². The fourth-order valence-electron chi connectivity index (χ4n) is 6.90. The molecule has 0 atom stereocenters. The molecule has 0 saturated carbocycles. The van der Waals surface area contributed by atoms with E-state index in [0.717, 1.165) is 54.4 Å². The number of hydrogen-bond donors (Lipinski definition) is 0. The summed E-state index contributed by atoms with van der Waals surface area (Å²) in [5.41, 5.74) is 5.64. The first-order valence-corrected chi connectivity index (χ1v) is 18.4. The van der Waals surface area contributed by atoms with Crippen LogP contribution in [0.1, 0.15) is 5.69 Å². The van der Waals surface area contributed by atoms with Crippen LogP contribution in [0.4, 0.5) is 5.82 Å². The molecule has 0 aliphatic heterocycles. The Bertz CT molecular complexity index is 3180. The van der Waals surface area contributed by atoms with Crippen molar-refractivity contribution in [1.29, 1.82) is 5.26 Å². The van der Waals surface area contributed by atoms with Gasteiger partial charge in [0, 0.05) is 18.1 Å². The Morgan fingerprint density at radius 1 is 0.500 bits per heavy atom. The van der Waals surface area contributed by atoms with Gasteiger partial charge < -0.3 is 34.7 Å². The summed E-state index contributed by atoms with van der Waals surface area (Å²) in [7, 11) is 0. The van der Waals surface area contributed by atoms with E-state index in [9.17, 15) is 0 Å². The van der Waals surface area contributed by atoms with E-state index in [4.69, 9.17) is 11.8 Å². The van der Waals surface area contributed by atoms with Crippen LogP contribution >= 0.6 is 0 Å². The molecule has 0 fully saturated rings. The Morgan fingerprint density at radius 3 is 1.52 bits per heavy atom. The molecule has 10 heteroatoms. The summed E-state index contributed by atoms with van der Waals surface area (Å²) >= 11 is 0. The van der Waals surface area contributed by atoms with Crippen LogP contribution in [0.2, 0.25) is 0 Å². The van der Waals surface area contributed by atoms with E-state index < -0.39 is 0 Å². The number of nitriles is 1. The summed E-state index contributed by atoms with van der Waals surface area (Å²) in [5, 5.41) is 19.9. The molecule has 0 radical (unpaired) electrons. The average Bonchev–Trinajstić information content (AvgIpc) is 3.87. The van der Waals surface area contributed by atoms with Crippen molar-refractivity contribution in [3.05, 3.63) is 199 Å². The first-order chi connectivity index (χ1) is 28.7. The third kappa shape index (κ3) is 8.40. The van der Waals surface area contributed by atoms with Crippen molar-refractivity contribution < 1.29 is 42.1 Å². The molecule has 12 aromatic rings. The van der Waals surface area contributed by atoms with Gasteiger partial charge in [-0.3, -0.25) is 0 Å². The molecule has 288 valence electrons. The van der Waals surface area contributed by atoms with Crippen molar-refractivity contribution in [2.24, 2.45) is 0 Å².